The summed E-state index contributed by atoms with van der Waals surface area (Å²) in [5, 5.41) is 13.4. The minimum atomic E-state index is -0.952. The van der Waals surface area contributed by atoms with Crippen LogP contribution in [0.5, 0.6) is 0 Å². The van der Waals surface area contributed by atoms with Gasteiger partial charge in [0.2, 0.25) is 0 Å². The zero-order chi connectivity index (χ0) is 16.2. The van der Waals surface area contributed by atoms with E-state index in [-0.39, 0.29) is 12.4 Å². The van der Waals surface area contributed by atoms with Crippen LogP contribution in [0.1, 0.15) is 11.1 Å². The van der Waals surface area contributed by atoms with Crippen LogP contribution in [-0.4, -0.2) is 22.1 Å². The second-order valence-corrected chi connectivity index (χ2v) is 5.43. The van der Waals surface area contributed by atoms with Gasteiger partial charge in [-0.25, -0.2) is 4.39 Å². The van der Waals surface area contributed by atoms with Crippen LogP contribution in [0.2, 0.25) is 0 Å². The summed E-state index contributed by atoms with van der Waals surface area (Å²) in [6, 6.07) is 13.3. The van der Waals surface area contributed by atoms with Crippen molar-refractivity contribution in [1.82, 2.24) is 10.3 Å². The molecule has 23 heavy (non-hydrogen) atoms. The highest BCUT2D eigenvalue weighted by Crippen LogP contribution is 2.19. The van der Waals surface area contributed by atoms with E-state index >= 15 is 0 Å². The Kier molecular flexibility index (Phi) is 4.39. The lowest BCUT2D eigenvalue weighted by Crippen LogP contribution is -2.38. The summed E-state index contributed by atoms with van der Waals surface area (Å²) >= 11 is 0. The topological polar surface area (TPSA) is 65.1 Å². The fraction of sp³-hybridized carbons (Fsp3) is 0.167. The summed E-state index contributed by atoms with van der Waals surface area (Å²) in [4.78, 5) is 14.6. The maximum absolute atomic E-state index is 13.6. The number of para-hydroxylation sites is 1. The molecule has 118 valence electrons. The second kappa shape index (κ2) is 6.62. The maximum atomic E-state index is 13.6. The lowest BCUT2D eigenvalue weighted by atomic mass is 10.0. The van der Waals surface area contributed by atoms with Gasteiger partial charge in [0.25, 0.3) is 0 Å². The Hall–Kier alpha value is -2.66. The molecule has 3 rings (SSSR count). The Morgan fingerprint density at radius 2 is 1.87 bits per heavy atom. The summed E-state index contributed by atoms with van der Waals surface area (Å²) in [5.74, 6) is -1.29. The summed E-state index contributed by atoms with van der Waals surface area (Å²) in [6.45, 7) is 0.173. The second-order valence-electron chi connectivity index (χ2n) is 5.43. The predicted octanol–water partition coefficient (Wildman–Crippen LogP) is 3.09. The van der Waals surface area contributed by atoms with Gasteiger partial charge in [-0.2, -0.15) is 0 Å². The smallest absolute Gasteiger partial charge is 0.321 e. The van der Waals surface area contributed by atoms with Gasteiger partial charge in [0, 0.05) is 35.6 Å². The van der Waals surface area contributed by atoms with Gasteiger partial charge in [0.05, 0.1) is 0 Å². The number of carboxylic acid groups (broad SMARTS) is 1. The Labute approximate surface area is 133 Å². The molecule has 1 aromatic heterocycles. The van der Waals surface area contributed by atoms with Gasteiger partial charge in [0.15, 0.2) is 0 Å². The number of nitrogens with one attached hydrogen (secondary N) is 2. The van der Waals surface area contributed by atoms with Crippen molar-refractivity contribution in [1.29, 1.82) is 0 Å². The third-order valence-corrected chi connectivity index (χ3v) is 3.89. The van der Waals surface area contributed by atoms with E-state index in [2.05, 4.69) is 10.3 Å². The van der Waals surface area contributed by atoms with Crippen molar-refractivity contribution in [2.75, 3.05) is 0 Å². The Morgan fingerprint density at radius 3 is 2.65 bits per heavy atom. The lowest BCUT2D eigenvalue weighted by Gasteiger charge is -2.14. The van der Waals surface area contributed by atoms with Crippen LogP contribution in [-0.2, 0) is 17.8 Å². The van der Waals surface area contributed by atoms with E-state index in [9.17, 15) is 14.3 Å². The molecule has 0 aliphatic heterocycles. The van der Waals surface area contributed by atoms with Crippen LogP contribution >= 0.6 is 0 Å². The predicted molar refractivity (Wildman–Crippen MR) is 86.7 cm³/mol. The number of H-pyrrole nitrogens is 1. The minimum absolute atomic E-state index is 0.173. The lowest BCUT2D eigenvalue weighted by molar-refractivity contribution is -0.139. The standard InChI is InChI=1S/C18H17FN2O2/c19-15-7-3-1-5-12(15)10-21-17(18(22)23)9-13-11-20-16-8-4-2-6-14(13)16/h1-8,11,17,20-21H,9-10H2,(H,22,23)/t17-/m1/s1. The van der Waals surface area contributed by atoms with Crippen LogP contribution in [0.15, 0.2) is 54.7 Å². The quantitative estimate of drug-likeness (QED) is 0.655. The number of aromatic amines is 1. The summed E-state index contributed by atoms with van der Waals surface area (Å²) in [6.07, 6.45) is 2.15. The molecule has 0 saturated heterocycles. The van der Waals surface area contributed by atoms with Gasteiger partial charge in [-0.3, -0.25) is 10.1 Å². The molecule has 0 aliphatic carbocycles. The van der Waals surface area contributed by atoms with Crippen LogP contribution in [0.4, 0.5) is 4.39 Å². The van der Waals surface area contributed by atoms with Gasteiger partial charge in [0.1, 0.15) is 11.9 Å². The van der Waals surface area contributed by atoms with Crippen molar-refractivity contribution in [3.05, 3.63) is 71.7 Å². The number of rotatable bonds is 6. The van der Waals surface area contributed by atoms with Crippen molar-refractivity contribution in [2.24, 2.45) is 0 Å². The average molecular weight is 312 g/mol. The molecular formula is C18H17FN2O2. The Bertz CT molecular complexity index is 829. The van der Waals surface area contributed by atoms with E-state index in [0.29, 0.717) is 12.0 Å². The molecule has 5 heteroatoms. The van der Waals surface area contributed by atoms with E-state index in [1.165, 1.54) is 6.07 Å². The number of hydrogen-bond acceptors (Lipinski definition) is 2. The van der Waals surface area contributed by atoms with Crippen molar-refractivity contribution >= 4 is 16.9 Å². The number of hydrogen-bond donors (Lipinski definition) is 3. The van der Waals surface area contributed by atoms with Gasteiger partial charge >= 0.3 is 5.97 Å². The minimum Gasteiger partial charge on any atom is -0.480 e. The highest BCUT2D eigenvalue weighted by atomic mass is 19.1. The molecule has 1 heterocycles. The molecule has 0 bridgehead atoms. The molecule has 1 atom stereocenters. The highest BCUT2D eigenvalue weighted by molar-refractivity contribution is 5.84. The normalized spacial score (nSPS) is 12.4. The number of aromatic nitrogens is 1. The first kappa shape index (κ1) is 15.2. The molecule has 0 spiro atoms. The number of carboxylic acids is 1. The largest absolute Gasteiger partial charge is 0.480 e. The van der Waals surface area contributed by atoms with Gasteiger partial charge in [-0.15, -0.1) is 0 Å². The van der Waals surface area contributed by atoms with E-state index < -0.39 is 12.0 Å². The number of benzene rings is 2. The molecule has 0 radical (unpaired) electrons. The number of carbonyl (C=O) groups is 1. The molecule has 0 saturated carbocycles. The summed E-state index contributed by atoms with van der Waals surface area (Å²) < 4.78 is 13.6. The zero-order valence-corrected chi connectivity index (χ0v) is 12.4. The third kappa shape index (κ3) is 3.40. The molecular weight excluding hydrogens is 295 g/mol. The Morgan fingerprint density at radius 1 is 1.13 bits per heavy atom. The molecule has 0 unspecified atom stereocenters. The summed E-state index contributed by atoms with van der Waals surface area (Å²) in [7, 11) is 0. The molecule has 3 aromatic rings. The zero-order valence-electron chi connectivity index (χ0n) is 12.4. The van der Waals surface area contributed by atoms with E-state index in [1.807, 2.05) is 30.5 Å². The number of halogens is 1. The first-order valence-electron chi connectivity index (χ1n) is 7.40. The first-order valence-corrected chi connectivity index (χ1v) is 7.40. The van der Waals surface area contributed by atoms with E-state index in [1.54, 1.807) is 18.2 Å². The van der Waals surface area contributed by atoms with Crippen LogP contribution in [0.3, 0.4) is 0 Å². The first-order chi connectivity index (χ1) is 11.1. The van der Waals surface area contributed by atoms with Gasteiger partial charge in [-0.1, -0.05) is 36.4 Å². The molecule has 4 nitrogen and oxygen atoms in total. The third-order valence-electron chi connectivity index (χ3n) is 3.89. The summed E-state index contributed by atoms with van der Waals surface area (Å²) in [5.41, 5.74) is 2.35. The van der Waals surface area contributed by atoms with Crippen LogP contribution < -0.4 is 5.32 Å². The fourth-order valence-electron chi connectivity index (χ4n) is 2.64. The molecule has 0 aliphatic rings. The van der Waals surface area contributed by atoms with Crippen molar-refractivity contribution in [3.8, 4) is 0 Å². The SMILES string of the molecule is O=C(O)[C@@H](Cc1c[nH]c2ccccc12)NCc1ccccc1F. The van der Waals surface area contributed by atoms with Crippen LogP contribution in [0.25, 0.3) is 10.9 Å². The van der Waals surface area contributed by atoms with E-state index in [0.717, 1.165) is 16.5 Å². The van der Waals surface area contributed by atoms with Crippen LogP contribution in [0, 0.1) is 5.82 Å². The molecule has 3 N–H and O–H groups in total. The van der Waals surface area contributed by atoms with Gasteiger partial charge < -0.3 is 10.1 Å². The molecule has 0 fully saturated rings. The van der Waals surface area contributed by atoms with E-state index in [4.69, 9.17) is 0 Å². The van der Waals surface area contributed by atoms with Crippen molar-refractivity contribution in [3.63, 3.8) is 0 Å². The number of fused-ring (bicyclic) bond motifs is 1. The van der Waals surface area contributed by atoms with Crippen molar-refractivity contribution < 1.29 is 14.3 Å². The number of aliphatic carboxylic acids is 1. The monoisotopic (exact) mass is 312 g/mol. The van der Waals surface area contributed by atoms with Crippen molar-refractivity contribution in [2.45, 2.75) is 19.0 Å². The Balaban J connectivity index is 1.75. The average Bonchev–Trinajstić information content (AvgIpc) is 2.95. The highest BCUT2D eigenvalue weighted by Gasteiger charge is 2.19. The van der Waals surface area contributed by atoms with Gasteiger partial charge in [-0.05, 0) is 17.7 Å². The fourth-order valence-corrected chi connectivity index (χ4v) is 2.64. The molecule has 2 aromatic carbocycles. The maximum Gasteiger partial charge on any atom is 0.321 e. The molecule has 0 amide bonds.